The molecule has 0 atom stereocenters. The summed E-state index contributed by atoms with van der Waals surface area (Å²) in [5.74, 6) is -1.14. The van der Waals surface area contributed by atoms with E-state index in [1.54, 1.807) is 17.9 Å². The number of carbonyl (C=O) groups excluding carboxylic acids is 2. The van der Waals surface area contributed by atoms with Crippen LogP contribution in [0.4, 0.5) is 10.1 Å². The van der Waals surface area contributed by atoms with Crippen LogP contribution in [0, 0.1) is 5.82 Å². The van der Waals surface area contributed by atoms with Crippen molar-refractivity contribution in [3.05, 3.63) is 29.6 Å². The smallest absolute Gasteiger partial charge is 0.341 e. The van der Waals surface area contributed by atoms with Gasteiger partial charge in [0.15, 0.2) is 5.78 Å². The summed E-state index contributed by atoms with van der Waals surface area (Å²) in [6.07, 6.45) is 0.487. The lowest BCUT2D eigenvalue weighted by molar-refractivity contribution is -0.116. The third-order valence-electron chi connectivity index (χ3n) is 2.84. The minimum absolute atomic E-state index is 0.0777. The van der Waals surface area contributed by atoms with E-state index < -0.39 is 11.8 Å². The molecular weight excluding hydrogens is 237 g/mol. The number of nitrogens with zero attached hydrogens (tertiary/aromatic N) is 1. The summed E-state index contributed by atoms with van der Waals surface area (Å²) < 4.78 is 18.5. The van der Waals surface area contributed by atoms with Crippen molar-refractivity contribution < 1.29 is 18.7 Å². The third-order valence-corrected chi connectivity index (χ3v) is 2.84. The fourth-order valence-electron chi connectivity index (χ4n) is 1.93. The number of ether oxygens (including phenoxy) is 1. The quantitative estimate of drug-likeness (QED) is 0.768. The van der Waals surface area contributed by atoms with Gasteiger partial charge in [0.05, 0.1) is 18.7 Å². The molecule has 1 saturated heterocycles. The Hall–Kier alpha value is -1.91. The summed E-state index contributed by atoms with van der Waals surface area (Å²) >= 11 is 0. The van der Waals surface area contributed by atoms with Crippen molar-refractivity contribution in [1.82, 2.24) is 0 Å². The van der Waals surface area contributed by atoms with Crippen LogP contribution in [-0.4, -0.2) is 31.4 Å². The van der Waals surface area contributed by atoms with Crippen LogP contribution in [-0.2, 0) is 9.53 Å². The first kappa shape index (κ1) is 12.5. The number of halogens is 1. The van der Waals surface area contributed by atoms with E-state index in [9.17, 15) is 14.0 Å². The van der Waals surface area contributed by atoms with Crippen molar-refractivity contribution in [1.29, 1.82) is 0 Å². The summed E-state index contributed by atoms with van der Waals surface area (Å²) in [7, 11) is 0. The Morgan fingerprint density at radius 1 is 1.50 bits per heavy atom. The Labute approximate surface area is 104 Å². The van der Waals surface area contributed by atoms with Crippen LogP contribution in [0.1, 0.15) is 23.7 Å². The van der Waals surface area contributed by atoms with Gasteiger partial charge in [0, 0.05) is 18.7 Å². The number of Topliss-reactive ketones (excluding diaryl/α,β-unsaturated/α-hetero) is 1. The minimum atomic E-state index is -0.668. The number of benzene rings is 1. The number of esters is 1. The number of anilines is 1. The average Bonchev–Trinajstić information content (AvgIpc) is 2.76. The summed E-state index contributed by atoms with van der Waals surface area (Å²) in [5.41, 5.74) is 0.539. The molecule has 1 heterocycles. The predicted octanol–water partition coefficient (Wildman–Crippen LogP) is 1.78. The molecule has 1 aromatic carbocycles. The summed E-state index contributed by atoms with van der Waals surface area (Å²) in [6.45, 7) is 2.77. The van der Waals surface area contributed by atoms with Crippen molar-refractivity contribution >= 4 is 17.4 Å². The first-order valence-electron chi connectivity index (χ1n) is 5.85. The highest BCUT2D eigenvalue weighted by Crippen LogP contribution is 2.22. The van der Waals surface area contributed by atoms with Gasteiger partial charge in [0.25, 0.3) is 0 Å². The second-order valence-corrected chi connectivity index (χ2v) is 4.09. The zero-order valence-electron chi connectivity index (χ0n) is 10.1. The lowest BCUT2D eigenvalue weighted by Crippen LogP contribution is -2.20. The van der Waals surface area contributed by atoms with Gasteiger partial charge in [0.1, 0.15) is 5.82 Å². The van der Waals surface area contributed by atoms with E-state index in [4.69, 9.17) is 4.74 Å². The van der Waals surface area contributed by atoms with Gasteiger partial charge in [-0.05, 0) is 25.1 Å². The van der Waals surface area contributed by atoms with Gasteiger partial charge in [-0.15, -0.1) is 0 Å². The Kier molecular flexibility index (Phi) is 3.60. The van der Waals surface area contributed by atoms with E-state index in [1.165, 1.54) is 12.1 Å². The monoisotopic (exact) mass is 251 g/mol. The zero-order valence-corrected chi connectivity index (χ0v) is 10.1. The Balaban J connectivity index is 2.19. The number of carbonyl (C=O) groups is 2. The van der Waals surface area contributed by atoms with Gasteiger partial charge in [-0.3, -0.25) is 4.79 Å². The molecule has 1 aliphatic rings. The second kappa shape index (κ2) is 5.16. The normalized spacial score (nSPS) is 15.0. The largest absolute Gasteiger partial charge is 0.462 e. The maximum absolute atomic E-state index is 13.8. The van der Waals surface area contributed by atoms with Gasteiger partial charge in [-0.2, -0.15) is 0 Å². The maximum Gasteiger partial charge on any atom is 0.341 e. The van der Waals surface area contributed by atoms with Gasteiger partial charge in [-0.1, -0.05) is 0 Å². The first-order valence-corrected chi connectivity index (χ1v) is 5.85. The average molecular weight is 251 g/mol. The van der Waals surface area contributed by atoms with E-state index in [0.717, 1.165) is 0 Å². The van der Waals surface area contributed by atoms with E-state index in [0.29, 0.717) is 25.2 Å². The number of hydrogen-bond donors (Lipinski definition) is 0. The molecule has 0 aromatic heterocycles. The summed E-state index contributed by atoms with van der Waals surface area (Å²) in [5, 5.41) is 0. The van der Waals surface area contributed by atoms with Crippen molar-refractivity contribution in [3.63, 3.8) is 0 Å². The van der Waals surface area contributed by atoms with Gasteiger partial charge in [-0.25, -0.2) is 9.18 Å². The van der Waals surface area contributed by atoms with Crippen LogP contribution < -0.4 is 4.90 Å². The summed E-state index contributed by atoms with van der Waals surface area (Å²) in [6, 6.07) is 4.30. The first-order chi connectivity index (χ1) is 8.61. The molecule has 1 fully saturated rings. The van der Waals surface area contributed by atoms with Crippen LogP contribution in [0.3, 0.4) is 0 Å². The maximum atomic E-state index is 13.8. The lowest BCUT2D eigenvalue weighted by Gasteiger charge is -2.17. The van der Waals surface area contributed by atoms with Crippen LogP contribution in [0.5, 0.6) is 0 Å². The molecule has 0 amide bonds. The molecule has 0 saturated carbocycles. The Bertz CT molecular complexity index is 487. The molecule has 0 bridgehead atoms. The highest BCUT2D eigenvalue weighted by Gasteiger charge is 2.21. The Morgan fingerprint density at radius 3 is 2.83 bits per heavy atom. The second-order valence-electron chi connectivity index (χ2n) is 4.09. The SMILES string of the molecule is CCOC(=O)c1ccc(N2CCC(=O)C2)cc1F. The van der Waals surface area contributed by atoms with Crippen LogP contribution in [0.25, 0.3) is 0 Å². The van der Waals surface area contributed by atoms with E-state index in [-0.39, 0.29) is 18.0 Å². The van der Waals surface area contributed by atoms with Crippen LogP contribution in [0.2, 0.25) is 0 Å². The van der Waals surface area contributed by atoms with Crippen LogP contribution >= 0.6 is 0 Å². The number of hydrogen-bond acceptors (Lipinski definition) is 4. The van der Waals surface area contributed by atoms with Crippen molar-refractivity contribution in [3.8, 4) is 0 Å². The molecule has 0 spiro atoms. The standard InChI is InChI=1S/C13H14FNO3/c1-2-18-13(17)11-4-3-9(7-12(11)14)15-6-5-10(16)8-15/h3-4,7H,2,5-6,8H2,1H3. The number of rotatable bonds is 3. The molecule has 0 radical (unpaired) electrons. The molecule has 0 aliphatic carbocycles. The molecule has 96 valence electrons. The molecular formula is C13H14FNO3. The minimum Gasteiger partial charge on any atom is -0.462 e. The van der Waals surface area contributed by atoms with Gasteiger partial charge >= 0.3 is 5.97 Å². The molecule has 0 unspecified atom stereocenters. The summed E-state index contributed by atoms with van der Waals surface area (Å²) in [4.78, 5) is 24.4. The van der Waals surface area contributed by atoms with Crippen molar-refractivity contribution in [2.75, 3.05) is 24.6 Å². The van der Waals surface area contributed by atoms with E-state index in [2.05, 4.69) is 0 Å². The highest BCUT2D eigenvalue weighted by molar-refractivity contribution is 5.91. The molecule has 18 heavy (non-hydrogen) atoms. The molecule has 4 nitrogen and oxygen atoms in total. The van der Waals surface area contributed by atoms with Crippen LogP contribution in [0.15, 0.2) is 18.2 Å². The molecule has 2 rings (SSSR count). The number of ketones is 1. The fraction of sp³-hybridized carbons (Fsp3) is 0.385. The fourth-order valence-corrected chi connectivity index (χ4v) is 1.93. The lowest BCUT2D eigenvalue weighted by atomic mass is 10.2. The Morgan fingerprint density at radius 2 is 2.28 bits per heavy atom. The predicted molar refractivity (Wildman–Crippen MR) is 64.2 cm³/mol. The van der Waals surface area contributed by atoms with Crippen molar-refractivity contribution in [2.24, 2.45) is 0 Å². The topological polar surface area (TPSA) is 46.6 Å². The highest BCUT2D eigenvalue weighted by atomic mass is 19.1. The van der Waals surface area contributed by atoms with Gasteiger partial charge < -0.3 is 9.64 Å². The van der Waals surface area contributed by atoms with E-state index in [1.807, 2.05) is 0 Å². The zero-order chi connectivity index (χ0) is 13.1. The van der Waals surface area contributed by atoms with Gasteiger partial charge in [0.2, 0.25) is 0 Å². The molecule has 1 aromatic rings. The third kappa shape index (κ3) is 2.50. The van der Waals surface area contributed by atoms with Crippen molar-refractivity contribution in [2.45, 2.75) is 13.3 Å². The molecule has 1 aliphatic heterocycles. The molecule has 0 N–H and O–H groups in total. The van der Waals surface area contributed by atoms with E-state index >= 15 is 0 Å². The molecule has 5 heteroatoms.